The Hall–Kier alpha value is -3.35. The lowest BCUT2D eigenvalue weighted by molar-refractivity contribution is -0.147. The summed E-state index contributed by atoms with van der Waals surface area (Å²) in [5.41, 5.74) is 2.06. The maximum Gasteiger partial charge on any atom is 0.408 e. The Balaban J connectivity index is 1.96. The fourth-order valence-electron chi connectivity index (χ4n) is 4.67. The van der Waals surface area contributed by atoms with E-state index in [0.29, 0.717) is 13.0 Å². The molecule has 7 nitrogen and oxygen atoms in total. The molecule has 1 aliphatic rings. The zero-order chi connectivity index (χ0) is 27.9. The van der Waals surface area contributed by atoms with Crippen LogP contribution in [-0.4, -0.2) is 40.5 Å². The van der Waals surface area contributed by atoms with Crippen LogP contribution in [0.5, 0.6) is 0 Å². The van der Waals surface area contributed by atoms with E-state index in [4.69, 9.17) is 4.74 Å². The van der Waals surface area contributed by atoms with Gasteiger partial charge in [-0.1, -0.05) is 74.0 Å². The third-order valence-corrected chi connectivity index (χ3v) is 6.61. The molecule has 0 aliphatic heterocycles. The van der Waals surface area contributed by atoms with Crippen LogP contribution in [0.3, 0.4) is 0 Å². The molecule has 0 spiro atoms. The van der Waals surface area contributed by atoms with E-state index >= 15 is 0 Å². The third kappa shape index (κ3) is 8.33. The van der Waals surface area contributed by atoms with Crippen molar-refractivity contribution < 1.29 is 19.1 Å². The van der Waals surface area contributed by atoms with Gasteiger partial charge in [0.15, 0.2) is 0 Å². The Morgan fingerprint density at radius 2 is 1.71 bits per heavy atom. The minimum absolute atomic E-state index is 0.0782. The molecule has 0 aromatic heterocycles. The minimum atomic E-state index is -0.813. The van der Waals surface area contributed by atoms with E-state index in [9.17, 15) is 14.4 Å². The monoisotopic (exact) mass is 521 g/mol. The van der Waals surface area contributed by atoms with Crippen LogP contribution in [0.4, 0.5) is 4.79 Å². The number of ether oxygens (including phenoxy) is 1. The third-order valence-electron chi connectivity index (χ3n) is 6.61. The van der Waals surface area contributed by atoms with Gasteiger partial charge in [0.1, 0.15) is 17.7 Å². The number of hydrogen-bond donors (Lipinski definition) is 2. The number of carbonyl (C=O) groups is 3. The number of amides is 3. The maximum absolute atomic E-state index is 14.3. The van der Waals surface area contributed by atoms with Gasteiger partial charge in [0, 0.05) is 12.6 Å². The molecule has 0 bridgehead atoms. The van der Waals surface area contributed by atoms with E-state index in [0.717, 1.165) is 36.0 Å². The van der Waals surface area contributed by atoms with Gasteiger partial charge < -0.3 is 20.3 Å². The smallest absolute Gasteiger partial charge is 0.408 e. The Bertz CT molecular complexity index is 1090. The number of rotatable bonds is 10. The first-order valence-electron chi connectivity index (χ1n) is 13.6. The van der Waals surface area contributed by atoms with Crippen LogP contribution in [0.1, 0.15) is 83.0 Å². The molecule has 2 unspecified atom stereocenters. The Morgan fingerprint density at radius 3 is 2.26 bits per heavy atom. The number of aryl methyl sites for hydroxylation is 1. The molecule has 0 heterocycles. The first-order chi connectivity index (χ1) is 17.9. The van der Waals surface area contributed by atoms with Crippen molar-refractivity contribution in [3.63, 3.8) is 0 Å². The first-order valence-corrected chi connectivity index (χ1v) is 13.6. The summed E-state index contributed by atoms with van der Waals surface area (Å²) in [6.07, 6.45) is 2.44. The van der Waals surface area contributed by atoms with Gasteiger partial charge in [0.25, 0.3) is 0 Å². The van der Waals surface area contributed by atoms with Crippen molar-refractivity contribution in [2.24, 2.45) is 5.92 Å². The minimum Gasteiger partial charge on any atom is -0.444 e. The van der Waals surface area contributed by atoms with Crippen LogP contribution in [0.25, 0.3) is 0 Å². The first kappa shape index (κ1) is 29.2. The molecule has 38 heavy (non-hydrogen) atoms. The molecule has 2 atom stereocenters. The Kier molecular flexibility index (Phi) is 9.95. The largest absolute Gasteiger partial charge is 0.444 e. The second kappa shape index (κ2) is 12.9. The molecule has 2 aromatic carbocycles. The Labute approximate surface area is 227 Å². The molecule has 0 radical (unpaired) electrons. The molecular weight excluding hydrogens is 478 g/mol. The van der Waals surface area contributed by atoms with Crippen molar-refractivity contribution >= 4 is 17.9 Å². The predicted molar refractivity (Wildman–Crippen MR) is 149 cm³/mol. The van der Waals surface area contributed by atoms with Gasteiger partial charge in [-0.2, -0.15) is 0 Å². The molecule has 1 fully saturated rings. The Morgan fingerprint density at radius 1 is 1.03 bits per heavy atom. The molecule has 0 saturated heterocycles. The quantitative estimate of drug-likeness (QED) is 0.422. The highest BCUT2D eigenvalue weighted by atomic mass is 16.6. The lowest BCUT2D eigenvalue weighted by atomic mass is 9.87. The molecule has 1 saturated carbocycles. The van der Waals surface area contributed by atoms with Crippen molar-refractivity contribution in [2.75, 3.05) is 0 Å². The SMILES string of the molecule is Cc1cccc(C(C(=O)NCc2ccccc2)N(C(=O)C(CC(C)C)NC(=O)OC(C)(C)C)C2CCC2)c1. The van der Waals surface area contributed by atoms with E-state index in [2.05, 4.69) is 10.6 Å². The van der Waals surface area contributed by atoms with Crippen LogP contribution >= 0.6 is 0 Å². The summed E-state index contributed by atoms with van der Waals surface area (Å²) >= 11 is 0. The van der Waals surface area contributed by atoms with E-state index in [-0.39, 0.29) is 23.8 Å². The second-order valence-corrected chi connectivity index (χ2v) is 11.7. The topological polar surface area (TPSA) is 87.7 Å². The molecule has 2 N–H and O–H groups in total. The molecule has 2 aromatic rings. The van der Waals surface area contributed by atoms with Crippen molar-refractivity contribution in [3.8, 4) is 0 Å². The van der Waals surface area contributed by atoms with Gasteiger partial charge in [0.05, 0.1) is 0 Å². The van der Waals surface area contributed by atoms with Crippen molar-refractivity contribution in [1.82, 2.24) is 15.5 Å². The van der Waals surface area contributed by atoms with E-state index in [1.165, 1.54) is 0 Å². The normalized spacial score (nSPS) is 15.2. The lowest BCUT2D eigenvalue weighted by Crippen LogP contribution is -2.57. The number of alkyl carbamates (subject to hydrolysis) is 1. The summed E-state index contributed by atoms with van der Waals surface area (Å²) in [4.78, 5) is 42.6. The number of carbonyl (C=O) groups excluding carboxylic acids is 3. The van der Waals surface area contributed by atoms with E-state index in [1.807, 2.05) is 75.4 Å². The van der Waals surface area contributed by atoms with Gasteiger partial charge in [-0.25, -0.2) is 4.79 Å². The predicted octanol–water partition coefficient (Wildman–Crippen LogP) is 5.67. The number of hydrogen-bond acceptors (Lipinski definition) is 4. The van der Waals surface area contributed by atoms with Gasteiger partial charge in [-0.15, -0.1) is 0 Å². The number of benzene rings is 2. The highest BCUT2D eigenvalue weighted by Gasteiger charge is 2.42. The molecule has 206 valence electrons. The average Bonchev–Trinajstić information content (AvgIpc) is 2.79. The molecule has 7 heteroatoms. The molecular formula is C31H43N3O4. The zero-order valence-corrected chi connectivity index (χ0v) is 23.6. The summed E-state index contributed by atoms with van der Waals surface area (Å²) < 4.78 is 5.48. The van der Waals surface area contributed by atoms with E-state index < -0.39 is 23.8 Å². The number of nitrogens with one attached hydrogen (secondary N) is 2. The molecule has 1 aliphatic carbocycles. The van der Waals surface area contributed by atoms with Crippen LogP contribution in [0, 0.1) is 12.8 Å². The molecule has 3 rings (SSSR count). The van der Waals surface area contributed by atoms with Crippen LogP contribution in [-0.2, 0) is 20.9 Å². The van der Waals surface area contributed by atoms with Gasteiger partial charge in [-0.3, -0.25) is 9.59 Å². The fraction of sp³-hybridized carbons (Fsp3) is 0.516. The summed E-state index contributed by atoms with van der Waals surface area (Å²) in [5, 5.41) is 5.88. The van der Waals surface area contributed by atoms with E-state index in [1.54, 1.807) is 25.7 Å². The summed E-state index contributed by atoms with van der Waals surface area (Å²) in [6.45, 7) is 11.7. The van der Waals surface area contributed by atoms with Crippen molar-refractivity contribution in [2.45, 2.75) is 97.5 Å². The highest BCUT2D eigenvalue weighted by molar-refractivity contribution is 5.92. The number of nitrogens with zero attached hydrogens (tertiary/aromatic N) is 1. The van der Waals surface area contributed by atoms with Crippen molar-refractivity contribution in [3.05, 3.63) is 71.3 Å². The van der Waals surface area contributed by atoms with Gasteiger partial charge in [0.2, 0.25) is 11.8 Å². The standard InChI is InChI=1S/C31H43N3O4/c1-21(2)18-26(33-30(37)38-31(4,5)6)29(36)34(25-16-11-17-25)27(24-15-10-12-22(3)19-24)28(35)32-20-23-13-8-7-9-14-23/h7-10,12-15,19,21,25-27H,11,16-18,20H2,1-6H3,(H,32,35)(H,33,37). The van der Waals surface area contributed by atoms with Crippen LogP contribution in [0.15, 0.2) is 54.6 Å². The van der Waals surface area contributed by atoms with Crippen LogP contribution in [0.2, 0.25) is 0 Å². The zero-order valence-electron chi connectivity index (χ0n) is 23.6. The summed E-state index contributed by atoms with van der Waals surface area (Å²) in [6, 6.07) is 15.8. The van der Waals surface area contributed by atoms with Crippen LogP contribution < -0.4 is 10.6 Å². The average molecular weight is 522 g/mol. The lowest BCUT2D eigenvalue weighted by Gasteiger charge is -2.44. The summed E-state index contributed by atoms with van der Waals surface area (Å²) in [7, 11) is 0. The fourth-order valence-corrected chi connectivity index (χ4v) is 4.67. The molecule has 3 amide bonds. The van der Waals surface area contributed by atoms with Crippen molar-refractivity contribution in [1.29, 1.82) is 0 Å². The summed E-state index contributed by atoms with van der Waals surface area (Å²) in [5.74, 6) is -0.345. The second-order valence-electron chi connectivity index (χ2n) is 11.7. The maximum atomic E-state index is 14.3. The van der Waals surface area contributed by atoms with Gasteiger partial charge >= 0.3 is 6.09 Å². The van der Waals surface area contributed by atoms with Gasteiger partial charge in [-0.05, 0) is 70.4 Å². The highest BCUT2D eigenvalue weighted by Crippen LogP contribution is 2.34.